The van der Waals surface area contributed by atoms with Gasteiger partial charge >= 0.3 is 0 Å². The van der Waals surface area contributed by atoms with Crippen molar-refractivity contribution in [1.29, 1.82) is 0 Å². The first-order chi connectivity index (χ1) is 6.18. The van der Waals surface area contributed by atoms with Crippen LogP contribution in [-0.4, -0.2) is 4.98 Å². The predicted octanol–water partition coefficient (Wildman–Crippen LogP) is 2.56. The van der Waals surface area contributed by atoms with Gasteiger partial charge in [-0.25, -0.2) is 0 Å². The largest absolute Gasteiger partial charge is 0.322 e. The number of nitrogens with zero attached hydrogens (tertiary/aromatic N) is 1. The highest BCUT2D eigenvalue weighted by molar-refractivity contribution is 9.10. The van der Waals surface area contributed by atoms with Crippen molar-refractivity contribution in [3.63, 3.8) is 0 Å². The van der Waals surface area contributed by atoms with Gasteiger partial charge in [-0.1, -0.05) is 0 Å². The summed E-state index contributed by atoms with van der Waals surface area (Å²) >= 11 is 3.43. The van der Waals surface area contributed by atoms with Gasteiger partial charge in [-0.3, -0.25) is 4.98 Å². The van der Waals surface area contributed by atoms with E-state index in [1.54, 1.807) is 0 Å². The van der Waals surface area contributed by atoms with Crippen molar-refractivity contribution in [1.82, 2.24) is 4.98 Å². The summed E-state index contributed by atoms with van der Waals surface area (Å²) in [5.41, 5.74) is 8.28. The number of hydrogen-bond acceptors (Lipinski definition) is 2. The van der Waals surface area contributed by atoms with Crippen molar-refractivity contribution in [2.24, 2.45) is 11.7 Å². The van der Waals surface area contributed by atoms with Crippen LogP contribution in [-0.2, 0) is 0 Å². The molecule has 0 aliphatic heterocycles. The van der Waals surface area contributed by atoms with Crippen LogP contribution in [0, 0.1) is 12.8 Å². The predicted molar refractivity (Wildman–Crippen MR) is 56.3 cm³/mol. The molecule has 1 fully saturated rings. The molecule has 1 aliphatic carbocycles. The Morgan fingerprint density at radius 2 is 2.31 bits per heavy atom. The van der Waals surface area contributed by atoms with Crippen molar-refractivity contribution < 1.29 is 0 Å². The van der Waals surface area contributed by atoms with Crippen LogP contribution in [0.1, 0.15) is 30.1 Å². The van der Waals surface area contributed by atoms with Crippen LogP contribution >= 0.6 is 15.9 Å². The third-order valence-electron chi connectivity index (χ3n) is 2.54. The molecule has 0 radical (unpaired) electrons. The van der Waals surface area contributed by atoms with Crippen LogP contribution in [0.5, 0.6) is 0 Å². The maximum absolute atomic E-state index is 6.04. The second-order valence-corrected chi connectivity index (χ2v) is 4.58. The minimum Gasteiger partial charge on any atom is -0.322 e. The normalized spacial score (nSPS) is 18.7. The lowest BCUT2D eigenvalue weighted by molar-refractivity contribution is 0.614. The van der Waals surface area contributed by atoms with Crippen molar-refractivity contribution >= 4 is 15.9 Å². The number of hydrogen-bond donors (Lipinski definition) is 1. The highest BCUT2D eigenvalue weighted by Crippen LogP contribution is 2.39. The summed E-state index contributed by atoms with van der Waals surface area (Å²) in [6.07, 6.45) is 4.36. The van der Waals surface area contributed by atoms with E-state index in [-0.39, 0.29) is 6.04 Å². The van der Waals surface area contributed by atoms with E-state index in [1.165, 1.54) is 18.4 Å². The van der Waals surface area contributed by atoms with E-state index in [2.05, 4.69) is 33.9 Å². The molecule has 0 spiro atoms. The van der Waals surface area contributed by atoms with Gasteiger partial charge in [0.15, 0.2) is 0 Å². The van der Waals surface area contributed by atoms with E-state index >= 15 is 0 Å². The van der Waals surface area contributed by atoms with Crippen LogP contribution in [0.4, 0.5) is 0 Å². The number of aryl methyl sites for hydroxylation is 1. The van der Waals surface area contributed by atoms with Gasteiger partial charge in [-0.2, -0.15) is 0 Å². The van der Waals surface area contributed by atoms with Gasteiger partial charge < -0.3 is 5.73 Å². The first-order valence-electron chi connectivity index (χ1n) is 4.56. The van der Waals surface area contributed by atoms with Crippen molar-refractivity contribution in [2.45, 2.75) is 25.8 Å². The topological polar surface area (TPSA) is 38.9 Å². The molecule has 1 saturated carbocycles. The van der Waals surface area contributed by atoms with Crippen molar-refractivity contribution in [3.8, 4) is 0 Å². The lowest BCUT2D eigenvalue weighted by Gasteiger charge is -2.10. The minimum absolute atomic E-state index is 0.145. The zero-order valence-electron chi connectivity index (χ0n) is 7.63. The average molecular weight is 241 g/mol. The number of aromatic nitrogens is 1. The highest BCUT2D eigenvalue weighted by atomic mass is 79.9. The fourth-order valence-electron chi connectivity index (χ4n) is 1.44. The van der Waals surface area contributed by atoms with E-state index in [9.17, 15) is 0 Å². The Morgan fingerprint density at radius 3 is 2.85 bits per heavy atom. The summed E-state index contributed by atoms with van der Waals surface area (Å²) in [5, 5.41) is 0. The summed E-state index contributed by atoms with van der Waals surface area (Å²) in [7, 11) is 0. The fraction of sp³-hybridized carbons (Fsp3) is 0.500. The summed E-state index contributed by atoms with van der Waals surface area (Å²) in [4.78, 5) is 4.33. The number of nitrogens with two attached hydrogens (primary N) is 1. The first kappa shape index (κ1) is 9.16. The van der Waals surface area contributed by atoms with E-state index in [4.69, 9.17) is 5.73 Å². The summed E-state index contributed by atoms with van der Waals surface area (Å²) in [5.74, 6) is 0.674. The Kier molecular flexibility index (Phi) is 2.39. The van der Waals surface area contributed by atoms with Crippen LogP contribution in [0.3, 0.4) is 0 Å². The SMILES string of the molecule is Cc1cc(C(N)C2CC2)ncc1Br. The number of halogens is 1. The van der Waals surface area contributed by atoms with Gasteiger partial charge in [0.05, 0.1) is 5.69 Å². The zero-order valence-corrected chi connectivity index (χ0v) is 9.21. The molecule has 0 saturated heterocycles. The highest BCUT2D eigenvalue weighted by Gasteiger charge is 2.30. The van der Waals surface area contributed by atoms with Crippen LogP contribution in [0.15, 0.2) is 16.7 Å². The molecule has 2 nitrogen and oxygen atoms in total. The molecule has 2 N–H and O–H groups in total. The Balaban J connectivity index is 2.24. The van der Waals surface area contributed by atoms with Crippen LogP contribution in [0.25, 0.3) is 0 Å². The third-order valence-corrected chi connectivity index (χ3v) is 3.37. The smallest absolute Gasteiger partial charge is 0.0577 e. The van der Waals surface area contributed by atoms with Gasteiger partial charge in [0.25, 0.3) is 0 Å². The molecule has 1 atom stereocenters. The summed E-state index contributed by atoms with van der Waals surface area (Å²) < 4.78 is 1.05. The molecule has 0 amide bonds. The lowest BCUT2D eigenvalue weighted by Crippen LogP contribution is -2.14. The zero-order chi connectivity index (χ0) is 9.42. The maximum atomic E-state index is 6.04. The van der Waals surface area contributed by atoms with E-state index < -0.39 is 0 Å². The van der Waals surface area contributed by atoms with Gasteiger partial charge in [0.1, 0.15) is 0 Å². The second-order valence-electron chi connectivity index (χ2n) is 3.72. The first-order valence-corrected chi connectivity index (χ1v) is 5.35. The Morgan fingerprint density at radius 1 is 1.62 bits per heavy atom. The van der Waals surface area contributed by atoms with Crippen molar-refractivity contribution in [2.75, 3.05) is 0 Å². The molecule has 1 aliphatic rings. The monoisotopic (exact) mass is 240 g/mol. The summed E-state index contributed by atoms with van der Waals surface area (Å²) in [6.45, 7) is 2.06. The molecule has 0 aromatic carbocycles. The number of pyridine rings is 1. The quantitative estimate of drug-likeness (QED) is 0.864. The van der Waals surface area contributed by atoms with Gasteiger partial charge in [-0.05, 0) is 53.2 Å². The molecular weight excluding hydrogens is 228 g/mol. The Bertz CT molecular complexity index is 321. The lowest BCUT2D eigenvalue weighted by atomic mass is 10.1. The molecule has 1 aromatic rings. The Hall–Kier alpha value is -0.410. The Labute approximate surface area is 86.7 Å². The molecule has 0 bridgehead atoms. The molecule has 2 rings (SSSR count). The molecule has 1 aromatic heterocycles. The van der Waals surface area contributed by atoms with Gasteiger partial charge in [-0.15, -0.1) is 0 Å². The summed E-state index contributed by atoms with van der Waals surface area (Å²) in [6, 6.07) is 2.22. The molecule has 70 valence electrons. The molecule has 1 heterocycles. The molecule has 3 heteroatoms. The second kappa shape index (κ2) is 3.39. The van der Waals surface area contributed by atoms with Crippen molar-refractivity contribution in [3.05, 3.63) is 28.0 Å². The van der Waals surface area contributed by atoms with Crippen LogP contribution in [0.2, 0.25) is 0 Å². The van der Waals surface area contributed by atoms with Gasteiger partial charge in [0, 0.05) is 16.7 Å². The fourth-order valence-corrected chi connectivity index (χ4v) is 1.66. The van der Waals surface area contributed by atoms with E-state index in [0.29, 0.717) is 5.92 Å². The molecular formula is C10H13BrN2. The average Bonchev–Trinajstić information content (AvgIpc) is 2.91. The van der Waals surface area contributed by atoms with E-state index in [0.717, 1.165) is 10.2 Å². The maximum Gasteiger partial charge on any atom is 0.0577 e. The standard InChI is InChI=1S/C10H13BrN2/c1-6-4-9(13-5-8(6)11)10(12)7-2-3-7/h4-5,7,10H,2-3,12H2,1H3. The third kappa shape index (κ3) is 1.92. The van der Waals surface area contributed by atoms with Gasteiger partial charge in [0.2, 0.25) is 0 Å². The number of rotatable bonds is 2. The van der Waals surface area contributed by atoms with E-state index in [1.807, 2.05) is 6.20 Å². The van der Waals surface area contributed by atoms with Crippen LogP contribution < -0.4 is 5.73 Å². The molecule has 13 heavy (non-hydrogen) atoms. The minimum atomic E-state index is 0.145. The molecule has 1 unspecified atom stereocenters.